The minimum absolute atomic E-state index is 0.0418. The van der Waals surface area contributed by atoms with Crippen molar-refractivity contribution in [2.24, 2.45) is 11.8 Å². The van der Waals surface area contributed by atoms with E-state index in [2.05, 4.69) is 0 Å². The average molecular weight is 485 g/mol. The summed E-state index contributed by atoms with van der Waals surface area (Å²) in [5.74, 6) is -5.17. The summed E-state index contributed by atoms with van der Waals surface area (Å²) in [6, 6.07) is 18.2. The third-order valence-electron chi connectivity index (χ3n) is 5.01. The second-order valence-corrected chi connectivity index (χ2v) is 9.23. The summed E-state index contributed by atoms with van der Waals surface area (Å²) < 4.78 is 22.1. The Morgan fingerprint density at radius 2 is 1.26 bits per heavy atom. The van der Waals surface area contributed by atoms with Crippen molar-refractivity contribution in [1.29, 1.82) is 0 Å². The minimum Gasteiger partial charge on any atom is -0.460 e. The molecule has 0 bridgehead atoms. The zero-order valence-corrected chi connectivity index (χ0v) is 21.0. The van der Waals surface area contributed by atoms with Gasteiger partial charge in [-0.25, -0.2) is 0 Å². The van der Waals surface area contributed by atoms with E-state index in [1.165, 1.54) is 0 Å². The van der Waals surface area contributed by atoms with Gasteiger partial charge in [-0.2, -0.15) is 0 Å². The van der Waals surface area contributed by atoms with Crippen LogP contribution < -0.4 is 0 Å². The third-order valence-corrected chi connectivity index (χ3v) is 5.01. The number of esters is 3. The van der Waals surface area contributed by atoms with E-state index >= 15 is 0 Å². The van der Waals surface area contributed by atoms with E-state index in [9.17, 15) is 14.4 Å². The lowest BCUT2D eigenvalue weighted by Crippen LogP contribution is -2.43. The van der Waals surface area contributed by atoms with E-state index in [1.807, 2.05) is 43.3 Å². The highest BCUT2D eigenvalue weighted by atomic mass is 16.6. The molecule has 0 amide bonds. The Labute approximate surface area is 207 Å². The van der Waals surface area contributed by atoms with Crippen molar-refractivity contribution in [2.45, 2.75) is 59.4 Å². The maximum atomic E-state index is 13.2. The van der Waals surface area contributed by atoms with Crippen LogP contribution >= 0.6 is 0 Å². The Bertz CT molecular complexity index is 864. The van der Waals surface area contributed by atoms with Crippen molar-refractivity contribution in [3.05, 3.63) is 71.8 Å². The van der Waals surface area contributed by atoms with Gasteiger partial charge >= 0.3 is 17.9 Å². The van der Waals surface area contributed by atoms with Crippen LogP contribution in [0.25, 0.3) is 0 Å². The van der Waals surface area contributed by atoms with Crippen LogP contribution in [-0.2, 0) is 46.5 Å². The topological polar surface area (TPSA) is 88.1 Å². The molecular formula is C28H36O7. The zero-order valence-electron chi connectivity index (χ0n) is 21.0. The highest BCUT2D eigenvalue weighted by Gasteiger charge is 2.44. The molecule has 0 heterocycles. The number of hydrogen-bond acceptors (Lipinski definition) is 7. The van der Waals surface area contributed by atoms with Crippen LogP contribution in [-0.4, -0.2) is 36.7 Å². The largest absolute Gasteiger partial charge is 0.460 e. The maximum Gasteiger partial charge on any atom is 0.321 e. The molecule has 0 aromatic heterocycles. The molecule has 0 N–H and O–H groups in total. The Kier molecular flexibility index (Phi) is 11.4. The van der Waals surface area contributed by atoms with Gasteiger partial charge in [0.2, 0.25) is 0 Å². The summed E-state index contributed by atoms with van der Waals surface area (Å²) in [5, 5.41) is 0. The smallest absolute Gasteiger partial charge is 0.321 e. The van der Waals surface area contributed by atoms with E-state index in [0.717, 1.165) is 24.0 Å². The fourth-order valence-corrected chi connectivity index (χ4v) is 3.20. The van der Waals surface area contributed by atoms with Crippen molar-refractivity contribution >= 4 is 17.9 Å². The van der Waals surface area contributed by atoms with Crippen LogP contribution in [0.4, 0.5) is 0 Å². The lowest BCUT2D eigenvalue weighted by Gasteiger charge is -2.27. The number of unbranched alkanes of at least 4 members (excludes halogenated alkanes) is 1. The van der Waals surface area contributed by atoms with Gasteiger partial charge < -0.3 is 18.9 Å². The molecule has 0 aliphatic rings. The first-order chi connectivity index (χ1) is 16.7. The molecule has 0 saturated heterocycles. The first-order valence-electron chi connectivity index (χ1n) is 11.9. The molecule has 1 atom stereocenters. The molecule has 7 heteroatoms. The summed E-state index contributed by atoms with van der Waals surface area (Å²) in [4.78, 5) is 39.5. The van der Waals surface area contributed by atoms with Crippen LogP contribution in [0.3, 0.4) is 0 Å². The predicted octanol–water partition coefficient (Wildman–Crippen LogP) is 4.86. The first kappa shape index (κ1) is 28.1. The lowest BCUT2D eigenvalue weighted by atomic mass is 9.92. The maximum absolute atomic E-state index is 13.2. The van der Waals surface area contributed by atoms with Gasteiger partial charge in [-0.1, -0.05) is 74.0 Å². The first-order valence-corrected chi connectivity index (χ1v) is 11.9. The van der Waals surface area contributed by atoms with Gasteiger partial charge in [-0.15, -0.1) is 0 Å². The lowest BCUT2D eigenvalue weighted by molar-refractivity contribution is -0.180. The summed E-state index contributed by atoms with van der Waals surface area (Å²) in [7, 11) is 0. The Balaban J connectivity index is 2.25. The molecule has 35 heavy (non-hydrogen) atoms. The fourth-order valence-electron chi connectivity index (χ4n) is 3.20. The van der Waals surface area contributed by atoms with Gasteiger partial charge in [0.05, 0.1) is 6.61 Å². The van der Waals surface area contributed by atoms with Crippen LogP contribution in [0.5, 0.6) is 0 Å². The Morgan fingerprint density at radius 3 is 1.69 bits per heavy atom. The molecule has 0 aliphatic heterocycles. The van der Waals surface area contributed by atoms with Gasteiger partial charge in [0.25, 0.3) is 0 Å². The summed E-state index contributed by atoms with van der Waals surface area (Å²) in [6.07, 6.45) is 1.68. The van der Waals surface area contributed by atoms with Crippen LogP contribution in [0.2, 0.25) is 0 Å². The Hall–Kier alpha value is -3.19. The van der Waals surface area contributed by atoms with Gasteiger partial charge in [-0.3, -0.25) is 14.4 Å². The normalized spacial score (nSPS) is 12.1. The minimum atomic E-state index is -1.53. The van der Waals surface area contributed by atoms with E-state index < -0.39 is 35.3 Å². The number of rotatable bonds is 13. The number of hydrogen-bond donors (Lipinski definition) is 0. The van der Waals surface area contributed by atoms with Crippen molar-refractivity contribution < 1.29 is 33.3 Å². The highest BCUT2D eigenvalue weighted by molar-refractivity contribution is 5.99. The van der Waals surface area contributed by atoms with E-state index in [0.29, 0.717) is 6.61 Å². The highest BCUT2D eigenvalue weighted by Crippen LogP contribution is 2.23. The van der Waals surface area contributed by atoms with Crippen LogP contribution in [0.1, 0.15) is 51.7 Å². The number of ether oxygens (including phenoxy) is 4. The van der Waals surface area contributed by atoms with Gasteiger partial charge in [0.15, 0.2) is 5.92 Å². The molecule has 2 aromatic rings. The van der Waals surface area contributed by atoms with Crippen molar-refractivity contribution in [3.8, 4) is 0 Å². The van der Waals surface area contributed by atoms with Gasteiger partial charge in [-0.05, 0) is 38.3 Å². The molecule has 0 saturated carbocycles. The van der Waals surface area contributed by atoms with Crippen molar-refractivity contribution in [3.63, 3.8) is 0 Å². The zero-order chi connectivity index (χ0) is 25.7. The number of carbonyl (C=O) groups excluding carboxylic acids is 3. The second-order valence-electron chi connectivity index (χ2n) is 9.23. The fraction of sp³-hybridized carbons (Fsp3) is 0.464. The van der Waals surface area contributed by atoms with Gasteiger partial charge in [0, 0.05) is 6.61 Å². The average Bonchev–Trinajstić information content (AvgIpc) is 2.83. The second kappa shape index (κ2) is 14.3. The summed E-state index contributed by atoms with van der Waals surface area (Å²) >= 11 is 0. The third kappa shape index (κ3) is 10.3. The number of carbonyl (C=O) groups is 3. The van der Waals surface area contributed by atoms with E-state index in [-0.39, 0.29) is 19.8 Å². The molecule has 2 rings (SSSR count). The molecule has 190 valence electrons. The molecule has 0 spiro atoms. The molecule has 2 aromatic carbocycles. The van der Waals surface area contributed by atoms with Crippen molar-refractivity contribution in [1.82, 2.24) is 0 Å². The summed E-state index contributed by atoms with van der Waals surface area (Å²) in [5.41, 5.74) is 0.695. The van der Waals surface area contributed by atoms with Crippen LogP contribution in [0.15, 0.2) is 60.7 Å². The molecule has 0 aliphatic carbocycles. The molecular weight excluding hydrogens is 448 g/mol. The summed E-state index contributed by atoms with van der Waals surface area (Å²) in [6.45, 7) is 7.31. The van der Waals surface area contributed by atoms with Gasteiger partial charge in [0.1, 0.15) is 24.7 Å². The van der Waals surface area contributed by atoms with Crippen LogP contribution in [0, 0.1) is 11.8 Å². The Morgan fingerprint density at radius 1 is 0.771 bits per heavy atom. The monoisotopic (exact) mass is 484 g/mol. The SMILES string of the molecule is CCCCOC[C@@H](C(=O)OC(C)(C)C)C(C(=O)OCc1ccccc1)C(=O)OCc1ccccc1. The molecule has 7 nitrogen and oxygen atoms in total. The molecule has 0 radical (unpaired) electrons. The molecule has 0 fully saturated rings. The quantitative estimate of drug-likeness (QED) is 0.174. The van der Waals surface area contributed by atoms with E-state index in [4.69, 9.17) is 18.9 Å². The van der Waals surface area contributed by atoms with Crippen molar-refractivity contribution in [2.75, 3.05) is 13.2 Å². The molecule has 0 unspecified atom stereocenters. The van der Waals surface area contributed by atoms with E-state index in [1.54, 1.807) is 45.0 Å². The standard InChI is InChI=1S/C28H36O7/c1-5-6-17-32-20-23(25(29)35-28(2,3)4)24(26(30)33-18-21-13-9-7-10-14-21)27(31)34-19-22-15-11-8-12-16-22/h7-16,23-24H,5-6,17-20H2,1-4H3/t23-/m1/s1. The predicted molar refractivity (Wildman–Crippen MR) is 131 cm³/mol. The number of benzene rings is 2.